The number of nitrogens with zero attached hydrogens (tertiary/aromatic N) is 3. The molecule has 11 nitrogen and oxygen atoms in total. The monoisotopic (exact) mass is 583 g/mol. The Morgan fingerprint density at radius 2 is 1.82 bits per heavy atom. The Morgan fingerprint density at radius 3 is 2.53 bits per heavy atom. The van der Waals surface area contributed by atoms with Crippen molar-refractivity contribution in [1.82, 2.24) is 0 Å². The maximum absolute atomic E-state index is 13.9. The quantitative estimate of drug-likeness (QED) is 0.242. The molecule has 2 fully saturated rings. The Kier molecular flexibility index (Phi) is 6.67. The van der Waals surface area contributed by atoms with Gasteiger partial charge in [-0.2, -0.15) is 0 Å². The van der Waals surface area contributed by atoms with Gasteiger partial charge in [0.05, 0.1) is 40.5 Å². The van der Waals surface area contributed by atoms with E-state index in [2.05, 4.69) is 15.9 Å². The predicted molar refractivity (Wildman–Crippen MR) is 139 cm³/mol. The van der Waals surface area contributed by atoms with Crippen molar-refractivity contribution in [3.63, 3.8) is 0 Å². The van der Waals surface area contributed by atoms with Crippen molar-refractivity contribution < 1.29 is 33.9 Å². The third-order valence-electron chi connectivity index (χ3n) is 6.41. The van der Waals surface area contributed by atoms with Crippen molar-refractivity contribution in [3.8, 4) is 17.2 Å². The van der Waals surface area contributed by atoms with Crippen LogP contribution in [0, 0.1) is 16.0 Å². The Hall–Kier alpha value is -4.16. The number of hydrogen-bond acceptors (Lipinski definition) is 9. The number of phenolic OH excluding ortho intramolecular Hbond substituents is 1. The minimum Gasteiger partial charge on any atom is -0.503 e. The van der Waals surface area contributed by atoms with Gasteiger partial charge in [0.25, 0.3) is 11.6 Å². The van der Waals surface area contributed by atoms with Crippen LogP contribution in [0.4, 0.5) is 17.1 Å². The van der Waals surface area contributed by atoms with Crippen molar-refractivity contribution in [3.05, 3.63) is 80.8 Å². The average molecular weight is 584 g/mol. The lowest BCUT2D eigenvalue weighted by Gasteiger charge is -2.29. The zero-order chi connectivity index (χ0) is 27.1. The highest BCUT2D eigenvalue weighted by Crippen LogP contribution is 2.50. The number of methoxy groups -OCH3 is 1. The molecule has 0 aliphatic carbocycles. The van der Waals surface area contributed by atoms with Gasteiger partial charge in [0.15, 0.2) is 17.6 Å². The fraction of sp³-hybridized carbons (Fsp3) is 0.231. The second-order valence-corrected chi connectivity index (χ2v) is 9.45. The van der Waals surface area contributed by atoms with E-state index in [1.807, 2.05) is 6.92 Å². The van der Waals surface area contributed by atoms with E-state index in [0.29, 0.717) is 28.1 Å². The first-order valence-corrected chi connectivity index (χ1v) is 12.4. The topological polar surface area (TPSA) is 132 Å². The summed E-state index contributed by atoms with van der Waals surface area (Å²) in [6.45, 7) is 2.24. The molecule has 0 aromatic heterocycles. The molecule has 3 aromatic carbocycles. The molecule has 0 spiro atoms. The highest BCUT2D eigenvalue weighted by atomic mass is 79.9. The number of carbonyl (C=O) groups excluding carboxylic acids is 2. The van der Waals surface area contributed by atoms with E-state index < -0.39 is 34.8 Å². The van der Waals surface area contributed by atoms with Crippen LogP contribution in [0.15, 0.2) is 65.1 Å². The summed E-state index contributed by atoms with van der Waals surface area (Å²) in [5.74, 6) is -1.58. The number of non-ortho nitro benzene ring substituents is 1. The van der Waals surface area contributed by atoms with Gasteiger partial charge in [-0.25, -0.2) is 9.96 Å². The number of imide groups is 1. The number of aromatic hydroxyl groups is 1. The molecule has 0 saturated carbocycles. The first-order valence-electron chi connectivity index (χ1n) is 11.6. The molecule has 1 N–H and O–H groups in total. The van der Waals surface area contributed by atoms with Crippen LogP contribution in [0.2, 0.25) is 0 Å². The zero-order valence-electron chi connectivity index (χ0n) is 20.2. The molecule has 5 rings (SSSR count). The molecule has 2 amide bonds. The van der Waals surface area contributed by atoms with Crippen molar-refractivity contribution in [1.29, 1.82) is 0 Å². The number of rotatable bonds is 7. The average Bonchev–Trinajstić information content (AvgIpc) is 3.41. The molecule has 2 saturated heterocycles. The number of fused-ring (bicyclic) bond motifs is 1. The zero-order valence-corrected chi connectivity index (χ0v) is 21.8. The van der Waals surface area contributed by atoms with Gasteiger partial charge in [-0.05, 0) is 58.7 Å². The number of benzene rings is 3. The summed E-state index contributed by atoms with van der Waals surface area (Å²) in [5, 5.41) is 23.1. The maximum Gasteiger partial charge on any atom is 0.271 e. The number of anilines is 2. The lowest BCUT2D eigenvalue weighted by atomic mass is 9.90. The van der Waals surface area contributed by atoms with Crippen molar-refractivity contribution in [2.24, 2.45) is 5.92 Å². The van der Waals surface area contributed by atoms with E-state index in [1.165, 1.54) is 36.4 Å². The molecule has 38 heavy (non-hydrogen) atoms. The molecule has 0 bridgehead atoms. The number of carbonyl (C=O) groups is 2. The summed E-state index contributed by atoms with van der Waals surface area (Å²) in [6.07, 6.45) is -1.19. The van der Waals surface area contributed by atoms with Gasteiger partial charge in [-0.3, -0.25) is 24.5 Å². The van der Waals surface area contributed by atoms with Crippen molar-refractivity contribution in [2.45, 2.75) is 19.1 Å². The van der Waals surface area contributed by atoms with Crippen LogP contribution in [0.25, 0.3) is 0 Å². The Morgan fingerprint density at radius 1 is 1.08 bits per heavy atom. The molecule has 3 aromatic rings. The molecular formula is C26H22BrN3O8. The SMILES string of the molecule is CCOc1cccc(N2C(=O)[C@H]3[C@@H](c4cc(Br)c(O)c(OC)c4)N(c4cccc([N+](=O)[O-])c4)O[C@H]3C2=O)c1. The number of hydrogen-bond donors (Lipinski definition) is 1. The molecule has 2 heterocycles. The number of ether oxygens (including phenoxy) is 2. The van der Waals surface area contributed by atoms with Crippen molar-refractivity contribution >= 4 is 44.8 Å². The summed E-state index contributed by atoms with van der Waals surface area (Å²) in [6, 6.07) is 14.6. The van der Waals surface area contributed by atoms with Gasteiger partial charge in [0, 0.05) is 18.2 Å². The van der Waals surface area contributed by atoms with E-state index in [4.69, 9.17) is 14.3 Å². The summed E-state index contributed by atoms with van der Waals surface area (Å²) >= 11 is 3.31. The first kappa shape index (κ1) is 25.5. The number of nitro benzene ring substituents is 1. The summed E-state index contributed by atoms with van der Waals surface area (Å²) in [5.41, 5.74) is 0.927. The lowest BCUT2D eigenvalue weighted by Crippen LogP contribution is -2.37. The largest absolute Gasteiger partial charge is 0.503 e. The predicted octanol–water partition coefficient (Wildman–Crippen LogP) is 4.52. The van der Waals surface area contributed by atoms with Gasteiger partial charge in [-0.15, -0.1) is 0 Å². The number of halogens is 1. The third kappa shape index (κ3) is 4.21. The fourth-order valence-corrected chi connectivity index (χ4v) is 5.23. The molecule has 3 atom stereocenters. The van der Waals surface area contributed by atoms with Crippen LogP contribution in [0.5, 0.6) is 17.2 Å². The normalized spacial score (nSPS) is 20.6. The second kappa shape index (κ2) is 9.95. The molecule has 12 heteroatoms. The second-order valence-electron chi connectivity index (χ2n) is 8.60. The van der Waals surface area contributed by atoms with Crippen LogP contribution >= 0.6 is 15.9 Å². The van der Waals surface area contributed by atoms with E-state index in [9.17, 15) is 24.8 Å². The minimum atomic E-state index is -1.19. The number of amides is 2. The van der Waals surface area contributed by atoms with E-state index >= 15 is 0 Å². The molecular weight excluding hydrogens is 562 g/mol. The fourth-order valence-electron chi connectivity index (χ4n) is 4.77. The molecule has 0 unspecified atom stereocenters. The van der Waals surface area contributed by atoms with E-state index in [1.54, 1.807) is 36.4 Å². The Balaban J connectivity index is 1.62. The standard InChI is InChI=1S/C26H22BrN3O8/c1-3-37-18-9-5-6-15(13-18)28-25(32)21-22(14-10-19(27)23(31)20(11-14)36-2)29(38-24(21)26(28)33)16-7-4-8-17(12-16)30(34)35/h4-13,21-22,24,31H,3H2,1-2H3/t21-,22+,24+/m0/s1. The van der Waals surface area contributed by atoms with Gasteiger partial charge >= 0.3 is 0 Å². The lowest BCUT2D eigenvalue weighted by molar-refractivity contribution is -0.384. The Labute approximate surface area is 225 Å². The van der Waals surface area contributed by atoms with E-state index in [-0.39, 0.29) is 22.9 Å². The molecule has 2 aliphatic rings. The maximum atomic E-state index is 13.9. The molecule has 196 valence electrons. The molecule has 0 radical (unpaired) electrons. The minimum absolute atomic E-state index is 0.134. The summed E-state index contributed by atoms with van der Waals surface area (Å²) in [7, 11) is 1.38. The van der Waals surface area contributed by atoms with Gasteiger partial charge in [0.2, 0.25) is 5.91 Å². The molecule has 2 aliphatic heterocycles. The smallest absolute Gasteiger partial charge is 0.271 e. The highest BCUT2D eigenvalue weighted by Gasteiger charge is 2.60. The van der Waals surface area contributed by atoms with Gasteiger partial charge in [-0.1, -0.05) is 12.1 Å². The third-order valence-corrected chi connectivity index (χ3v) is 7.01. The van der Waals surface area contributed by atoms with Crippen LogP contribution in [0.3, 0.4) is 0 Å². The number of hydroxylamine groups is 1. The van der Waals surface area contributed by atoms with Crippen molar-refractivity contribution in [2.75, 3.05) is 23.7 Å². The van der Waals surface area contributed by atoms with Crippen LogP contribution < -0.4 is 19.4 Å². The highest BCUT2D eigenvalue weighted by molar-refractivity contribution is 9.10. The van der Waals surface area contributed by atoms with Crippen LogP contribution in [-0.4, -0.2) is 41.7 Å². The van der Waals surface area contributed by atoms with Crippen LogP contribution in [0.1, 0.15) is 18.5 Å². The first-order chi connectivity index (χ1) is 18.2. The van der Waals surface area contributed by atoms with E-state index in [0.717, 1.165) is 4.90 Å². The Bertz CT molecular complexity index is 1450. The number of phenols is 1. The van der Waals surface area contributed by atoms with Gasteiger partial charge in [0.1, 0.15) is 11.7 Å². The van der Waals surface area contributed by atoms with Gasteiger partial charge < -0.3 is 14.6 Å². The summed E-state index contributed by atoms with van der Waals surface area (Å²) in [4.78, 5) is 45.5. The summed E-state index contributed by atoms with van der Waals surface area (Å²) < 4.78 is 11.1. The van der Waals surface area contributed by atoms with Crippen LogP contribution in [-0.2, 0) is 14.4 Å². The number of nitro groups is 1.